The van der Waals surface area contributed by atoms with Crippen LogP contribution in [0.1, 0.15) is 6.42 Å². The Morgan fingerprint density at radius 2 is 1.38 bits per heavy atom. The Bertz CT molecular complexity index is 500. The molecule has 0 aliphatic carbocycles. The minimum absolute atomic E-state index is 0. The molecular weight excluding hydrogens is 286 g/mol. The highest BCUT2D eigenvalue weighted by atomic mass is 35.5. The summed E-state index contributed by atoms with van der Waals surface area (Å²) < 4.78 is 11.4. The zero-order chi connectivity index (χ0) is 14.2. The number of halogens is 1. The van der Waals surface area contributed by atoms with Crippen molar-refractivity contribution < 1.29 is 9.47 Å². The molecule has 21 heavy (non-hydrogen) atoms. The SMILES string of the molecule is CN(C)CCCOc1ccc(Oc2ccccc2)cc1.Cl. The lowest BCUT2D eigenvalue weighted by molar-refractivity contribution is 0.281. The largest absolute Gasteiger partial charge is 0.494 e. The van der Waals surface area contributed by atoms with Crippen molar-refractivity contribution in [3.8, 4) is 17.2 Å². The van der Waals surface area contributed by atoms with Crippen molar-refractivity contribution in [1.82, 2.24) is 4.90 Å². The molecule has 0 aliphatic rings. The molecule has 2 rings (SSSR count). The van der Waals surface area contributed by atoms with Gasteiger partial charge in [-0.1, -0.05) is 18.2 Å². The average molecular weight is 308 g/mol. The second-order valence-corrected chi connectivity index (χ2v) is 4.89. The smallest absolute Gasteiger partial charge is 0.127 e. The number of hydrogen-bond donors (Lipinski definition) is 0. The first-order valence-corrected chi connectivity index (χ1v) is 6.84. The lowest BCUT2D eigenvalue weighted by Crippen LogP contribution is -2.15. The van der Waals surface area contributed by atoms with Crippen LogP contribution in [0.3, 0.4) is 0 Å². The Kier molecular flexibility index (Phi) is 7.65. The monoisotopic (exact) mass is 307 g/mol. The van der Waals surface area contributed by atoms with Crippen LogP contribution in [-0.4, -0.2) is 32.1 Å². The predicted octanol–water partition coefficient (Wildman–Crippen LogP) is 4.23. The fourth-order valence-electron chi connectivity index (χ4n) is 1.80. The van der Waals surface area contributed by atoms with Crippen molar-refractivity contribution in [2.45, 2.75) is 6.42 Å². The lowest BCUT2D eigenvalue weighted by atomic mass is 10.3. The van der Waals surface area contributed by atoms with Gasteiger partial charge in [-0.3, -0.25) is 0 Å². The maximum Gasteiger partial charge on any atom is 0.127 e. The highest BCUT2D eigenvalue weighted by Gasteiger charge is 1.98. The van der Waals surface area contributed by atoms with Crippen molar-refractivity contribution in [1.29, 1.82) is 0 Å². The highest BCUT2D eigenvalue weighted by Crippen LogP contribution is 2.23. The van der Waals surface area contributed by atoms with E-state index in [2.05, 4.69) is 19.0 Å². The third-order valence-electron chi connectivity index (χ3n) is 2.82. The maximum absolute atomic E-state index is 5.73. The van der Waals surface area contributed by atoms with Gasteiger partial charge in [0.15, 0.2) is 0 Å². The third-order valence-corrected chi connectivity index (χ3v) is 2.82. The summed E-state index contributed by atoms with van der Waals surface area (Å²) in [5.74, 6) is 2.54. The van der Waals surface area contributed by atoms with Crippen molar-refractivity contribution in [2.24, 2.45) is 0 Å². The molecule has 3 nitrogen and oxygen atoms in total. The molecule has 0 unspecified atom stereocenters. The Hall–Kier alpha value is -1.71. The van der Waals surface area contributed by atoms with Crippen LogP contribution in [-0.2, 0) is 0 Å². The lowest BCUT2D eigenvalue weighted by Gasteiger charge is -2.11. The zero-order valence-corrected chi connectivity index (χ0v) is 13.3. The summed E-state index contributed by atoms with van der Waals surface area (Å²) >= 11 is 0. The van der Waals surface area contributed by atoms with E-state index in [1.54, 1.807) is 0 Å². The molecule has 114 valence electrons. The van der Waals surface area contributed by atoms with Gasteiger partial charge in [0.1, 0.15) is 17.2 Å². The quantitative estimate of drug-likeness (QED) is 0.714. The van der Waals surface area contributed by atoms with Gasteiger partial charge < -0.3 is 14.4 Å². The molecule has 0 heterocycles. The van der Waals surface area contributed by atoms with Gasteiger partial charge in [-0.2, -0.15) is 0 Å². The standard InChI is InChI=1S/C17H21NO2.ClH/c1-18(2)13-6-14-19-15-9-11-17(12-10-15)20-16-7-4-3-5-8-16;/h3-5,7-12H,6,13-14H2,1-2H3;1H. The third kappa shape index (κ3) is 6.52. The zero-order valence-electron chi connectivity index (χ0n) is 12.5. The molecule has 0 N–H and O–H groups in total. The normalized spacial score (nSPS) is 10.0. The molecule has 0 aliphatic heterocycles. The molecule has 0 bridgehead atoms. The molecule has 0 saturated carbocycles. The van der Waals surface area contributed by atoms with Crippen LogP contribution in [0.25, 0.3) is 0 Å². The van der Waals surface area contributed by atoms with Crippen LogP contribution >= 0.6 is 12.4 Å². The van der Waals surface area contributed by atoms with Crippen LogP contribution in [0.5, 0.6) is 17.2 Å². The van der Waals surface area contributed by atoms with Gasteiger partial charge in [-0.15, -0.1) is 12.4 Å². The minimum Gasteiger partial charge on any atom is -0.494 e. The summed E-state index contributed by atoms with van der Waals surface area (Å²) in [6, 6.07) is 17.5. The topological polar surface area (TPSA) is 21.7 Å². The van der Waals surface area contributed by atoms with Crippen LogP contribution in [0.4, 0.5) is 0 Å². The van der Waals surface area contributed by atoms with E-state index >= 15 is 0 Å². The van der Waals surface area contributed by atoms with E-state index in [0.29, 0.717) is 0 Å². The van der Waals surface area contributed by atoms with Gasteiger partial charge in [-0.05, 0) is 56.9 Å². The molecule has 0 amide bonds. The first kappa shape index (κ1) is 17.3. The molecule has 0 saturated heterocycles. The molecular formula is C17H22ClNO2. The van der Waals surface area contributed by atoms with E-state index in [9.17, 15) is 0 Å². The summed E-state index contributed by atoms with van der Waals surface area (Å²) in [6.07, 6.45) is 1.02. The van der Waals surface area contributed by atoms with Crippen molar-refractivity contribution in [3.63, 3.8) is 0 Å². The predicted molar refractivity (Wildman–Crippen MR) is 88.9 cm³/mol. The molecule has 2 aromatic rings. The molecule has 0 atom stereocenters. The van der Waals surface area contributed by atoms with Crippen molar-refractivity contribution >= 4 is 12.4 Å². The van der Waals surface area contributed by atoms with Gasteiger partial charge >= 0.3 is 0 Å². The van der Waals surface area contributed by atoms with Gasteiger partial charge in [0, 0.05) is 6.54 Å². The number of nitrogens with zero attached hydrogens (tertiary/aromatic N) is 1. The highest BCUT2D eigenvalue weighted by molar-refractivity contribution is 5.85. The van der Waals surface area contributed by atoms with E-state index in [-0.39, 0.29) is 12.4 Å². The fraction of sp³-hybridized carbons (Fsp3) is 0.294. The summed E-state index contributed by atoms with van der Waals surface area (Å²) in [5.41, 5.74) is 0. The Morgan fingerprint density at radius 1 is 0.810 bits per heavy atom. The maximum atomic E-state index is 5.73. The average Bonchev–Trinajstić information content (AvgIpc) is 2.46. The Balaban J connectivity index is 0.00000220. The van der Waals surface area contributed by atoms with E-state index in [1.165, 1.54) is 0 Å². The van der Waals surface area contributed by atoms with Crippen LogP contribution in [0.2, 0.25) is 0 Å². The summed E-state index contributed by atoms with van der Waals surface area (Å²) in [7, 11) is 4.13. The molecule has 4 heteroatoms. The molecule has 0 radical (unpaired) electrons. The van der Waals surface area contributed by atoms with Crippen LogP contribution in [0, 0.1) is 0 Å². The molecule has 2 aromatic carbocycles. The number of hydrogen-bond acceptors (Lipinski definition) is 3. The molecule has 0 fully saturated rings. The minimum atomic E-state index is 0. The van der Waals surface area contributed by atoms with Gasteiger partial charge in [0.2, 0.25) is 0 Å². The first-order valence-electron chi connectivity index (χ1n) is 6.84. The number of benzene rings is 2. The fourth-order valence-corrected chi connectivity index (χ4v) is 1.80. The second-order valence-electron chi connectivity index (χ2n) is 4.89. The van der Waals surface area contributed by atoms with E-state index in [0.717, 1.165) is 36.8 Å². The van der Waals surface area contributed by atoms with E-state index < -0.39 is 0 Å². The summed E-state index contributed by atoms with van der Waals surface area (Å²) in [4.78, 5) is 2.15. The molecule has 0 spiro atoms. The Labute approximate surface area is 132 Å². The van der Waals surface area contributed by atoms with Crippen LogP contribution in [0.15, 0.2) is 54.6 Å². The second kappa shape index (κ2) is 9.27. The van der Waals surface area contributed by atoms with Gasteiger partial charge in [-0.25, -0.2) is 0 Å². The molecule has 0 aromatic heterocycles. The van der Waals surface area contributed by atoms with Crippen molar-refractivity contribution in [2.75, 3.05) is 27.2 Å². The number of para-hydroxylation sites is 1. The van der Waals surface area contributed by atoms with Crippen molar-refractivity contribution in [3.05, 3.63) is 54.6 Å². The van der Waals surface area contributed by atoms with Crippen LogP contribution < -0.4 is 9.47 Å². The van der Waals surface area contributed by atoms with Gasteiger partial charge in [0.25, 0.3) is 0 Å². The summed E-state index contributed by atoms with van der Waals surface area (Å²) in [5, 5.41) is 0. The number of ether oxygens (including phenoxy) is 2. The van der Waals surface area contributed by atoms with Gasteiger partial charge in [0.05, 0.1) is 6.61 Å². The first-order chi connectivity index (χ1) is 9.74. The van der Waals surface area contributed by atoms with E-state index in [1.807, 2.05) is 54.6 Å². The van der Waals surface area contributed by atoms with E-state index in [4.69, 9.17) is 9.47 Å². The Morgan fingerprint density at radius 3 is 2.00 bits per heavy atom. The summed E-state index contributed by atoms with van der Waals surface area (Å²) in [6.45, 7) is 1.77. The number of rotatable bonds is 7.